The number of benzene rings is 1. The van der Waals surface area contributed by atoms with Gasteiger partial charge in [-0.25, -0.2) is 9.07 Å². The van der Waals surface area contributed by atoms with Crippen molar-refractivity contribution in [3.05, 3.63) is 47.4 Å². The van der Waals surface area contributed by atoms with E-state index >= 15 is 0 Å². The first-order valence-electron chi connectivity index (χ1n) is 7.19. The molecule has 0 bridgehead atoms. The second-order valence-corrected chi connectivity index (χ2v) is 5.37. The van der Waals surface area contributed by atoms with E-state index in [0.717, 1.165) is 5.56 Å². The minimum atomic E-state index is -0.708. The number of nitrogens with zero attached hydrogens (tertiary/aromatic N) is 3. The molecule has 2 aromatic rings. The fourth-order valence-electron chi connectivity index (χ4n) is 2.42. The fraction of sp³-hybridized carbons (Fsp3) is 0.375. The summed E-state index contributed by atoms with van der Waals surface area (Å²) in [6.07, 6.45) is 1.70. The molecule has 1 aromatic heterocycles. The third-order valence-electron chi connectivity index (χ3n) is 3.53. The summed E-state index contributed by atoms with van der Waals surface area (Å²) in [5.41, 5.74) is 1.23. The zero-order chi connectivity index (χ0) is 16.3. The van der Waals surface area contributed by atoms with Crippen LogP contribution in [0, 0.1) is 12.7 Å². The monoisotopic (exact) mass is 304 g/mol. The largest absolute Gasteiger partial charge is 0.309 e. The molecule has 22 heavy (non-hydrogen) atoms. The molecular formula is C16H21FN4O. The van der Waals surface area contributed by atoms with Crippen molar-refractivity contribution in [2.75, 3.05) is 19.4 Å². The zero-order valence-electron chi connectivity index (χ0n) is 13.3. The first kappa shape index (κ1) is 16.2. The van der Waals surface area contributed by atoms with Crippen LogP contribution in [-0.2, 0) is 11.3 Å². The number of halogens is 1. The van der Waals surface area contributed by atoms with Crippen LogP contribution < -0.4 is 5.32 Å². The summed E-state index contributed by atoms with van der Waals surface area (Å²) >= 11 is 0. The number of rotatable bonds is 5. The van der Waals surface area contributed by atoms with Gasteiger partial charge in [0.1, 0.15) is 17.7 Å². The van der Waals surface area contributed by atoms with Gasteiger partial charge in [0.15, 0.2) is 0 Å². The lowest BCUT2D eigenvalue weighted by atomic mass is 10.0. The van der Waals surface area contributed by atoms with Crippen molar-refractivity contribution in [2.24, 2.45) is 0 Å². The Balaban J connectivity index is 2.32. The van der Waals surface area contributed by atoms with Gasteiger partial charge in [-0.1, -0.05) is 18.2 Å². The van der Waals surface area contributed by atoms with Gasteiger partial charge in [-0.05, 0) is 34.0 Å². The van der Waals surface area contributed by atoms with Crippen molar-refractivity contribution in [1.29, 1.82) is 0 Å². The lowest BCUT2D eigenvalue weighted by Gasteiger charge is -2.24. The molecule has 1 amide bonds. The number of aryl methyl sites for hydroxylation is 2. The Labute approximate surface area is 129 Å². The number of aromatic nitrogens is 2. The minimum Gasteiger partial charge on any atom is -0.309 e. The topological polar surface area (TPSA) is 50.2 Å². The van der Waals surface area contributed by atoms with Crippen molar-refractivity contribution in [3.8, 4) is 0 Å². The molecule has 1 heterocycles. The van der Waals surface area contributed by atoms with Crippen molar-refractivity contribution in [2.45, 2.75) is 26.4 Å². The van der Waals surface area contributed by atoms with Crippen LogP contribution in [0.3, 0.4) is 0 Å². The number of carbonyl (C=O) groups is 1. The predicted molar refractivity (Wildman–Crippen MR) is 84.1 cm³/mol. The molecule has 0 saturated heterocycles. The third kappa shape index (κ3) is 3.17. The lowest BCUT2D eigenvalue weighted by molar-refractivity contribution is -0.120. The van der Waals surface area contributed by atoms with Crippen molar-refractivity contribution in [3.63, 3.8) is 0 Å². The Hall–Kier alpha value is -2.21. The van der Waals surface area contributed by atoms with Gasteiger partial charge in [0.2, 0.25) is 5.91 Å². The summed E-state index contributed by atoms with van der Waals surface area (Å²) in [5, 5.41) is 7.07. The molecule has 0 saturated carbocycles. The normalized spacial score (nSPS) is 12.5. The van der Waals surface area contributed by atoms with E-state index in [1.54, 1.807) is 48.1 Å². The zero-order valence-corrected chi connectivity index (χ0v) is 13.3. The number of hydrogen-bond acceptors (Lipinski definition) is 3. The van der Waals surface area contributed by atoms with Crippen molar-refractivity contribution in [1.82, 2.24) is 14.7 Å². The van der Waals surface area contributed by atoms with Crippen LogP contribution in [-0.4, -0.2) is 34.7 Å². The average Bonchev–Trinajstić information content (AvgIpc) is 2.81. The first-order chi connectivity index (χ1) is 10.5. The van der Waals surface area contributed by atoms with Crippen LogP contribution in [0.15, 0.2) is 30.5 Å². The van der Waals surface area contributed by atoms with Gasteiger partial charge in [0, 0.05) is 17.7 Å². The molecule has 118 valence electrons. The number of carbonyl (C=O) groups excluding carboxylic acids is 1. The molecule has 5 nitrogen and oxygen atoms in total. The predicted octanol–water partition coefficient (Wildman–Crippen LogP) is 2.59. The Morgan fingerprint density at radius 1 is 1.41 bits per heavy atom. The summed E-state index contributed by atoms with van der Waals surface area (Å²) < 4.78 is 15.7. The average molecular weight is 304 g/mol. The van der Waals surface area contributed by atoms with E-state index < -0.39 is 11.9 Å². The second kappa shape index (κ2) is 6.70. The lowest BCUT2D eigenvalue weighted by Crippen LogP contribution is -2.33. The summed E-state index contributed by atoms with van der Waals surface area (Å²) in [5.74, 6) is -0.0267. The molecule has 0 aliphatic carbocycles. The number of hydrogen-bond donors (Lipinski definition) is 1. The standard InChI is InChI=1S/C16H21FN4O/c1-5-21-15(11(2)10-18-21)19-16(22)14(20(3)4)12-8-6-7-9-13(12)17/h6-10,14H,5H2,1-4H3,(H,19,22). The van der Waals surface area contributed by atoms with Gasteiger partial charge in [-0.15, -0.1) is 0 Å². The number of nitrogens with one attached hydrogen (secondary N) is 1. The van der Waals surface area contributed by atoms with Gasteiger partial charge in [-0.2, -0.15) is 5.10 Å². The van der Waals surface area contributed by atoms with E-state index in [1.807, 2.05) is 13.8 Å². The summed E-state index contributed by atoms with van der Waals surface area (Å²) in [6, 6.07) is 5.62. The highest BCUT2D eigenvalue weighted by atomic mass is 19.1. The Kier molecular flexibility index (Phi) is 4.92. The van der Waals surface area contributed by atoms with Crippen LogP contribution in [0.1, 0.15) is 24.1 Å². The smallest absolute Gasteiger partial charge is 0.247 e. The molecule has 1 atom stereocenters. The molecule has 0 spiro atoms. The SMILES string of the molecule is CCn1ncc(C)c1NC(=O)C(c1ccccc1F)N(C)C. The van der Waals surface area contributed by atoms with Crippen LogP contribution in [0.5, 0.6) is 0 Å². The minimum absolute atomic E-state index is 0.284. The quantitative estimate of drug-likeness (QED) is 0.923. The molecule has 6 heteroatoms. The maximum absolute atomic E-state index is 14.0. The Bertz CT molecular complexity index is 666. The first-order valence-corrected chi connectivity index (χ1v) is 7.19. The third-order valence-corrected chi connectivity index (χ3v) is 3.53. The van der Waals surface area contributed by atoms with Crippen LogP contribution in [0.2, 0.25) is 0 Å². The summed E-state index contributed by atoms with van der Waals surface area (Å²) in [6.45, 7) is 4.47. The second-order valence-electron chi connectivity index (χ2n) is 5.37. The summed E-state index contributed by atoms with van der Waals surface area (Å²) in [4.78, 5) is 14.4. The van der Waals surface area contributed by atoms with E-state index in [1.165, 1.54) is 6.07 Å². The van der Waals surface area contributed by atoms with E-state index in [2.05, 4.69) is 10.4 Å². The van der Waals surface area contributed by atoms with Crippen molar-refractivity contribution >= 4 is 11.7 Å². The molecule has 0 radical (unpaired) electrons. The number of amides is 1. The van der Waals surface area contributed by atoms with Gasteiger partial charge in [0.05, 0.1) is 6.20 Å². The van der Waals surface area contributed by atoms with Gasteiger partial charge >= 0.3 is 0 Å². The molecule has 0 aliphatic rings. The van der Waals surface area contributed by atoms with Gasteiger partial charge in [0.25, 0.3) is 0 Å². The molecule has 1 unspecified atom stereocenters. The van der Waals surface area contributed by atoms with E-state index in [4.69, 9.17) is 0 Å². The Morgan fingerprint density at radius 2 is 2.09 bits per heavy atom. The van der Waals surface area contributed by atoms with Crippen LogP contribution in [0.25, 0.3) is 0 Å². The highest BCUT2D eigenvalue weighted by Gasteiger charge is 2.26. The van der Waals surface area contributed by atoms with Gasteiger partial charge in [-0.3, -0.25) is 9.69 Å². The molecular weight excluding hydrogens is 283 g/mol. The maximum atomic E-state index is 14.0. The molecule has 0 fully saturated rings. The molecule has 1 aromatic carbocycles. The Morgan fingerprint density at radius 3 is 2.68 bits per heavy atom. The van der Waals surface area contributed by atoms with Crippen molar-refractivity contribution < 1.29 is 9.18 Å². The highest BCUT2D eigenvalue weighted by Crippen LogP contribution is 2.24. The van der Waals surface area contributed by atoms with Crippen LogP contribution >= 0.6 is 0 Å². The highest BCUT2D eigenvalue weighted by molar-refractivity contribution is 5.95. The fourth-order valence-corrected chi connectivity index (χ4v) is 2.42. The maximum Gasteiger partial charge on any atom is 0.247 e. The molecule has 0 aliphatic heterocycles. The summed E-state index contributed by atoms with van der Waals surface area (Å²) in [7, 11) is 3.50. The number of likely N-dealkylation sites (N-methyl/N-ethyl adjacent to an activating group) is 1. The van der Waals surface area contributed by atoms with E-state index in [0.29, 0.717) is 17.9 Å². The number of anilines is 1. The molecule has 2 rings (SSSR count). The van der Waals surface area contributed by atoms with E-state index in [-0.39, 0.29) is 5.91 Å². The van der Waals surface area contributed by atoms with Crippen LogP contribution in [0.4, 0.5) is 10.2 Å². The molecule has 1 N–H and O–H groups in total. The van der Waals surface area contributed by atoms with Gasteiger partial charge < -0.3 is 5.32 Å². The van der Waals surface area contributed by atoms with E-state index in [9.17, 15) is 9.18 Å².